The second kappa shape index (κ2) is 7.53. The minimum Gasteiger partial charge on any atom is -0.419 e. The lowest BCUT2D eigenvalue weighted by Gasteiger charge is -2.15. The van der Waals surface area contributed by atoms with Crippen LogP contribution in [0.3, 0.4) is 0 Å². The maximum Gasteiger partial charge on any atom is 0.269 e. The van der Waals surface area contributed by atoms with Crippen molar-refractivity contribution in [1.82, 2.24) is 10.2 Å². The summed E-state index contributed by atoms with van der Waals surface area (Å²) in [4.78, 5) is 15.0. The van der Waals surface area contributed by atoms with Crippen molar-refractivity contribution in [3.63, 3.8) is 0 Å². The SMILES string of the molecule is CC(SC1=Nc2ccccc2CS1)c1nnc(-c2ccc([N+](=O)[O-])cc2)o1. The molecule has 1 atom stereocenters. The zero-order valence-electron chi connectivity index (χ0n) is 14.2. The average Bonchev–Trinajstić information content (AvgIpc) is 3.18. The summed E-state index contributed by atoms with van der Waals surface area (Å²) in [7, 11) is 0. The van der Waals surface area contributed by atoms with Crippen LogP contribution in [0.5, 0.6) is 0 Å². The number of aromatic nitrogens is 2. The minimum atomic E-state index is -0.442. The third kappa shape index (κ3) is 3.88. The Kier molecular flexibility index (Phi) is 4.95. The van der Waals surface area contributed by atoms with Crippen molar-refractivity contribution in [2.75, 3.05) is 0 Å². The van der Waals surface area contributed by atoms with Crippen molar-refractivity contribution in [3.05, 3.63) is 70.1 Å². The zero-order chi connectivity index (χ0) is 18.8. The molecule has 0 spiro atoms. The fourth-order valence-corrected chi connectivity index (χ4v) is 4.73. The van der Waals surface area contributed by atoms with Gasteiger partial charge in [0.2, 0.25) is 11.8 Å². The number of hydrogen-bond donors (Lipinski definition) is 0. The molecule has 136 valence electrons. The highest BCUT2D eigenvalue weighted by Gasteiger charge is 2.21. The molecule has 4 rings (SSSR count). The van der Waals surface area contributed by atoms with Crippen LogP contribution in [-0.4, -0.2) is 19.5 Å². The van der Waals surface area contributed by atoms with Crippen molar-refractivity contribution in [2.24, 2.45) is 4.99 Å². The van der Waals surface area contributed by atoms with Crippen molar-refractivity contribution in [2.45, 2.75) is 17.9 Å². The summed E-state index contributed by atoms with van der Waals surface area (Å²) in [5.74, 6) is 1.73. The summed E-state index contributed by atoms with van der Waals surface area (Å²) in [5, 5.41) is 18.9. The van der Waals surface area contributed by atoms with E-state index in [1.54, 1.807) is 35.7 Å². The summed E-state index contributed by atoms with van der Waals surface area (Å²) >= 11 is 3.28. The Balaban J connectivity index is 1.48. The van der Waals surface area contributed by atoms with E-state index in [0.717, 1.165) is 15.8 Å². The van der Waals surface area contributed by atoms with E-state index in [4.69, 9.17) is 9.41 Å². The first kappa shape index (κ1) is 17.7. The van der Waals surface area contributed by atoms with E-state index in [0.29, 0.717) is 17.3 Å². The van der Waals surface area contributed by atoms with E-state index in [2.05, 4.69) is 16.3 Å². The molecule has 1 aliphatic heterocycles. The van der Waals surface area contributed by atoms with Gasteiger partial charge in [0.1, 0.15) is 4.38 Å². The fourth-order valence-electron chi connectivity index (χ4n) is 2.52. The molecular weight excluding hydrogens is 384 g/mol. The van der Waals surface area contributed by atoms with Gasteiger partial charge < -0.3 is 4.42 Å². The average molecular weight is 398 g/mol. The molecule has 1 aliphatic rings. The van der Waals surface area contributed by atoms with Gasteiger partial charge in [0.05, 0.1) is 15.9 Å². The number of aliphatic imine (C=N–C) groups is 1. The van der Waals surface area contributed by atoms with E-state index in [1.807, 2.05) is 25.1 Å². The number of thioether (sulfide) groups is 2. The molecule has 27 heavy (non-hydrogen) atoms. The van der Waals surface area contributed by atoms with Crippen molar-refractivity contribution >= 4 is 39.3 Å². The molecule has 0 radical (unpaired) electrons. The molecule has 2 aromatic carbocycles. The van der Waals surface area contributed by atoms with Gasteiger partial charge in [-0.3, -0.25) is 10.1 Å². The second-order valence-corrected chi connectivity index (χ2v) is 8.36. The largest absolute Gasteiger partial charge is 0.419 e. The van der Waals surface area contributed by atoms with Gasteiger partial charge in [-0.2, -0.15) is 0 Å². The smallest absolute Gasteiger partial charge is 0.269 e. The number of nitrogens with zero attached hydrogens (tertiary/aromatic N) is 4. The van der Waals surface area contributed by atoms with Gasteiger partial charge in [0, 0.05) is 23.4 Å². The summed E-state index contributed by atoms with van der Waals surface area (Å²) in [5.41, 5.74) is 2.91. The molecule has 0 N–H and O–H groups in total. The molecule has 0 amide bonds. The van der Waals surface area contributed by atoms with Crippen LogP contribution in [0.25, 0.3) is 11.5 Å². The van der Waals surface area contributed by atoms with E-state index in [-0.39, 0.29) is 10.9 Å². The first-order chi connectivity index (χ1) is 13.1. The van der Waals surface area contributed by atoms with E-state index in [9.17, 15) is 10.1 Å². The van der Waals surface area contributed by atoms with Gasteiger partial charge in [-0.05, 0) is 30.7 Å². The minimum absolute atomic E-state index is 0.0232. The van der Waals surface area contributed by atoms with E-state index in [1.165, 1.54) is 17.7 Å². The van der Waals surface area contributed by atoms with Crippen LogP contribution >= 0.6 is 23.5 Å². The van der Waals surface area contributed by atoms with Crippen molar-refractivity contribution in [1.29, 1.82) is 0 Å². The molecule has 1 unspecified atom stereocenters. The number of fused-ring (bicyclic) bond motifs is 1. The lowest BCUT2D eigenvalue weighted by Crippen LogP contribution is -1.99. The maximum absolute atomic E-state index is 10.7. The quantitative estimate of drug-likeness (QED) is 0.430. The highest BCUT2D eigenvalue weighted by Crippen LogP contribution is 2.40. The first-order valence-corrected chi connectivity index (χ1v) is 10.0. The van der Waals surface area contributed by atoms with E-state index < -0.39 is 4.92 Å². The van der Waals surface area contributed by atoms with E-state index >= 15 is 0 Å². The summed E-state index contributed by atoms with van der Waals surface area (Å²) < 4.78 is 6.73. The Morgan fingerprint density at radius 3 is 2.74 bits per heavy atom. The predicted octanol–water partition coefficient (Wildman–Crippen LogP) is 5.37. The van der Waals surface area contributed by atoms with Crippen LogP contribution in [0.2, 0.25) is 0 Å². The number of rotatable bonds is 4. The van der Waals surface area contributed by atoms with Crippen LogP contribution in [0.4, 0.5) is 11.4 Å². The van der Waals surface area contributed by atoms with Crippen molar-refractivity contribution in [3.8, 4) is 11.5 Å². The Bertz CT molecular complexity index is 1020. The fraction of sp³-hybridized carbons (Fsp3) is 0.167. The lowest BCUT2D eigenvalue weighted by atomic mass is 10.2. The van der Waals surface area contributed by atoms with Crippen LogP contribution < -0.4 is 0 Å². The molecular formula is C18H14N4O3S2. The number of hydrogen-bond acceptors (Lipinski definition) is 8. The van der Waals surface area contributed by atoms with Gasteiger partial charge in [-0.1, -0.05) is 41.7 Å². The standard InChI is InChI=1S/C18H14N4O3S2/c1-11(27-18-19-15-5-3-2-4-13(15)10-26-18)16-20-21-17(25-16)12-6-8-14(9-7-12)22(23)24/h2-9,11H,10H2,1H3. The number of nitro benzene ring substituents is 1. The van der Waals surface area contributed by atoms with Gasteiger partial charge in [0.15, 0.2) is 0 Å². The molecule has 0 saturated heterocycles. The highest BCUT2D eigenvalue weighted by atomic mass is 32.2. The third-order valence-electron chi connectivity index (χ3n) is 3.95. The van der Waals surface area contributed by atoms with Gasteiger partial charge in [-0.25, -0.2) is 4.99 Å². The molecule has 0 fully saturated rings. The summed E-state index contributed by atoms with van der Waals surface area (Å²) in [6, 6.07) is 14.2. The Morgan fingerprint density at radius 1 is 1.19 bits per heavy atom. The van der Waals surface area contributed by atoms with Crippen molar-refractivity contribution < 1.29 is 9.34 Å². The number of non-ortho nitro benzene ring substituents is 1. The summed E-state index contributed by atoms with van der Waals surface area (Å²) in [6.45, 7) is 1.99. The third-order valence-corrected chi connectivity index (χ3v) is 6.23. The molecule has 0 aliphatic carbocycles. The molecule has 9 heteroatoms. The zero-order valence-corrected chi connectivity index (χ0v) is 15.9. The molecule has 1 aromatic heterocycles. The Hall–Kier alpha value is -2.65. The Labute approximate surface area is 163 Å². The Morgan fingerprint density at radius 2 is 1.96 bits per heavy atom. The summed E-state index contributed by atoms with van der Waals surface area (Å²) in [6.07, 6.45) is 0. The number of benzene rings is 2. The van der Waals surface area contributed by atoms with Crippen LogP contribution in [-0.2, 0) is 5.75 Å². The molecule has 3 aromatic rings. The monoisotopic (exact) mass is 398 g/mol. The topological polar surface area (TPSA) is 94.4 Å². The van der Waals surface area contributed by atoms with Crippen LogP contribution in [0.1, 0.15) is 23.6 Å². The van der Waals surface area contributed by atoms with Crippen LogP contribution in [0.15, 0.2) is 57.9 Å². The molecule has 2 heterocycles. The van der Waals surface area contributed by atoms with Gasteiger partial charge >= 0.3 is 0 Å². The first-order valence-electron chi connectivity index (χ1n) is 8.14. The maximum atomic E-state index is 10.7. The molecule has 0 bridgehead atoms. The lowest BCUT2D eigenvalue weighted by molar-refractivity contribution is -0.384. The van der Waals surface area contributed by atoms with Gasteiger partial charge in [-0.15, -0.1) is 10.2 Å². The highest BCUT2D eigenvalue weighted by molar-refractivity contribution is 8.38. The predicted molar refractivity (Wildman–Crippen MR) is 107 cm³/mol. The normalized spacial score (nSPS) is 14.3. The van der Waals surface area contributed by atoms with Crippen LogP contribution in [0, 0.1) is 10.1 Å². The van der Waals surface area contributed by atoms with Gasteiger partial charge in [0.25, 0.3) is 5.69 Å². The second-order valence-electron chi connectivity index (χ2n) is 5.80. The molecule has 0 saturated carbocycles. The number of para-hydroxylation sites is 1. The molecule has 7 nitrogen and oxygen atoms in total. The number of nitro groups is 1.